The maximum absolute atomic E-state index is 13.1. The minimum absolute atomic E-state index is 0.141. The highest BCUT2D eigenvalue weighted by molar-refractivity contribution is 8.00. The SMILES string of the molecule is CCc1cccc(C)c1NC(=O)CSc1ccc(F)c(F)c1. The molecule has 2 rings (SSSR count). The molecule has 5 heteroatoms. The average molecular weight is 321 g/mol. The number of hydrogen-bond acceptors (Lipinski definition) is 2. The lowest BCUT2D eigenvalue weighted by Gasteiger charge is -2.12. The molecule has 0 saturated heterocycles. The fourth-order valence-electron chi connectivity index (χ4n) is 2.09. The van der Waals surface area contributed by atoms with E-state index in [0.29, 0.717) is 4.90 Å². The van der Waals surface area contributed by atoms with Gasteiger partial charge in [-0.15, -0.1) is 11.8 Å². The molecule has 0 unspecified atom stereocenters. The first-order valence-electron chi connectivity index (χ1n) is 6.97. The molecular weight excluding hydrogens is 304 g/mol. The lowest BCUT2D eigenvalue weighted by molar-refractivity contribution is -0.113. The van der Waals surface area contributed by atoms with Crippen LogP contribution >= 0.6 is 11.8 Å². The number of para-hydroxylation sites is 1. The van der Waals surface area contributed by atoms with Crippen molar-refractivity contribution >= 4 is 23.4 Å². The number of nitrogens with one attached hydrogen (secondary N) is 1. The number of amides is 1. The Labute approximate surface area is 132 Å². The normalized spacial score (nSPS) is 10.5. The van der Waals surface area contributed by atoms with Crippen LogP contribution in [0.3, 0.4) is 0 Å². The third-order valence-electron chi connectivity index (χ3n) is 3.27. The van der Waals surface area contributed by atoms with Crippen LogP contribution in [0.4, 0.5) is 14.5 Å². The predicted molar refractivity (Wildman–Crippen MR) is 86.3 cm³/mol. The highest BCUT2D eigenvalue weighted by atomic mass is 32.2. The molecule has 2 aromatic carbocycles. The number of benzene rings is 2. The smallest absolute Gasteiger partial charge is 0.234 e. The fourth-order valence-corrected chi connectivity index (χ4v) is 2.81. The van der Waals surface area contributed by atoms with Gasteiger partial charge >= 0.3 is 0 Å². The zero-order chi connectivity index (χ0) is 16.1. The molecule has 0 aromatic heterocycles. The second-order valence-electron chi connectivity index (χ2n) is 4.88. The number of aryl methyl sites for hydroxylation is 2. The first-order chi connectivity index (χ1) is 10.5. The van der Waals surface area contributed by atoms with E-state index >= 15 is 0 Å². The van der Waals surface area contributed by atoms with E-state index < -0.39 is 11.6 Å². The van der Waals surface area contributed by atoms with Crippen molar-refractivity contribution in [2.24, 2.45) is 0 Å². The molecule has 0 atom stereocenters. The molecule has 1 N–H and O–H groups in total. The summed E-state index contributed by atoms with van der Waals surface area (Å²) in [5.74, 6) is -1.82. The van der Waals surface area contributed by atoms with Gasteiger partial charge in [-0.1, -0.05) is 25.1 Å². The van der Waals surface area contributed by atoms with Gasteiger partial charge in [0.1, 0.15) is 0 Å². The van der Waals surface area contributed by atoms with E-state index in [2.05, 4.69) is 5.32 Å². The van der Waals surface area contributed by atoms with E-state index in [1.807, 2.05) is 32.0 Å². The molecule has 22 heavy (non-hydrogen) atoms. The molecule has 0 aliphatic heterocycles. The molecule has 0 radical (unpaired) electrons. The van der Waals surface area contributed by atoms with E-state index in [4.69, 9.17) is 0 Å². The maximum Gasteiger partial charge on any atom is 0.234 e. The summed E-state index contributed by atoms with van der Waals surface area (Å²) in [7, 11) is 0. The van der Waals surface area contributed by atoms with Gasteiger partial charge in [0.05, 0.1) is 5.75 Å². The molecule has 2 nitrogen and oxygen atoms in total. The first-order valence-corrected chi connectivity index (χ1v) is 7.96. The van der Waals surface area contributed by atoms with Crippen molar-refractivity contribution < 1.29 is 13.6 Å². The molecule has 116 valence electrons. The highest BCUT2D eigenvalue weighted by Crippen LogP contribution is 2.23. The first kappa shape index (κ1) is 16.5. The summed E-state index contributed by atoms with van der Waals surface area (Å²) in [6.45, 7) is 3.97. The third-order valence-corrected chi connectivity index (χ3v) is 4.26. The number of thioether (sulfide) groups is 1. The van der Waals surface area contributed by atoms with Crippen molar-refractivity contribution in [1.82, 2.24) is 0 Å². The summed E-state index contributed by atoms with van der Waals surface area (Å²) >= 11 is 1.17. The number of carbonyl (C=O) groups is 1. The number of carbonyl (C=O) groups excluding carboxylic acids is 1. The summed E-state index contributed by atoms with van der Waals surface area (Å²) in [5.41, 5.74) is 2.91. The third kappa shape index (κ3) is 4.07. The van der Waals surface area contributed by atoms with E-state index in [-0.39, 0.29) is 11.7 Å². The number of anilines is 1. The van der Waals surface area contributed by atoms with E-state index in [1.165, 1.54) is 17.8 Å². The van der Waals surface area contributed by atoms with Crippen LogP contribution in [-0.4, -0.2) is 11.7 Å². The zero-order valence-electron chi connectivity index (χ0n) is 12.5. The Morgan fingerprint density at radius 2 is 1.95 bits per heavy atom. The Balaban J connectivity index is 2.00. The summed E-state index contributed by atoms with van der Waals surface area (Å²) < 4.78 is 26.0. The Morgan fingerprint density at radius 3 is 2.64 bits per heavy atom. The van der Waals surface area contributed by atoms with Gasteiger partial charge in [0.25, 0.3) is 0 Å². The van der Waals surface area contributed by atoms with Crippen LogP contribution < -0.4 is 5.32 Å². The number of rotatable bonds is 5. The molecule has 0 fully saturated rings. The van der Waals surface area contributed by atoms with Crippen molar-refractivity contribution in [2.45, 2.75) is 25.2 Å². The molecule has 0 spiro atoms. The van der Waals surface area contributed by atoms with Crippen LogP contribution in [0.5, 0.6) is 0 Å². The van der Waals surface area contributed by atoms with Gasteiger partial charge in [0.2, 0.25) is 5.91 Å². The topological polar surface area (TPSA) is 29.1 Å². The number of hydrogen-bond donors (Lipinski definition) is 1. The zero-order valence-corrected chi connectivity index (χ0v) is 13.3. The Morgan fingerprint density at radius 1 is 1.18 bits per heavy atom. The van der Waals surface area contributed by atoms with Crippen LogP contribution in [0.15, 0.2) is 41.3 Å². The van der Waals surface area contributed by atoms with Crippen LogP contribution in [0.25, 0.3) is 0 Å². The minimum atomic E-state index is -0.905. The fraction of sp³-hybridized carbons (Fsp3) is 0.235. The van der Waals surface area contributed by atoms with Crippen molar-refractivity contribution in [3.05, 3.63) is 59.2 Å². The lowest BCUT2D eigenvalue weighted by atomic mass is 10.1. The van der Waals surface area contributed by atoms with Crippen LogP contribution in [0.2, 0.25) is 0 Å². The molecule has 0 aliphatic carbocycles. The van der Waals surface area contributed by atoms with Gasteiger partial charge in [-0.2, -0.15) is 0 Å². The second-order valence-corrected chi connectivity index (χ2v) is 5.92. The van der Waals surface area contributed by atoms with Crippen LogP contribution in [0, 0.1) is 18.6 Å². The van der Waals surface area contributed by atoms with Crippen molar-refractivity contribution in [3.63, 3.8) is 0 Å². The Hall–Kier alpha value is -1.88. The van der Waals surface area contributed by atoms with Gasteiger partial charge < -0.3 is 5.32 Å². The molecule has 0 aliphatic rings. The summed E-state index contributed by atoms with van der Waals surface area (Å²) in [6, 6.07) is 9.49. The maximum atomic E-state index is 13.1. The Kier molecular flexibility index (Phi) is 5.55. The highest BCUT2D eigenvalue weighted by Gasteiger charge is 2.10. The Bertz CT molecular complexity index is 688. The summed E-state index contributed by atoms with van der Waals surface area (Å²) in [4.78, 5) is 12.6. The quantitative estimate of drug-likeness (QED) is 0.818. The molecule has 1 amide bonds. The molecule has 0 heterocycles. The number of halogens is 2. The van der Waals surface area contributed by atoms with Crippen LogP contribution in [-0.2, 0) is 11.2 Å². The van der Waals surface area contributed by atoms with Gasteiger partial charge in [-0.3, -0.25) is 4.79 Å². The van der Waals surface area contributed by atoms with Gasteiger partial charge in [0, 0.05) is 10.6 Å². The van der Waals surface area contributed by atoms with E-state index in [9.17, 15) is 13.6 Å². The summed E-state index contributed by atoms with van der Waals surface area (Å²) in [6.07, 6.45) is 0.827. The molecular formula is C17H17F2NOS. The molecule has 2 aromatic rings. The van der Waals surface area contributed by atoms with Gasteiger partial charge in [-0.25, -0.2) is 8.78 Å². The minimum Gasteiger partial charge on any atom is -0.325 e. The average Bonchev–Trinajstić information content (AvgIpc) is 2.50. The van der Waals surface area contributed by atoms with Crippen LogP contribution in [0.1, 0.15) is 18.1 Å². The van der Waals surface area contributed by atoms with E-state index in [1.54, 1.807) is 0 Å². The predicted octanol–water partition coefficient (Wildman–Crippen LogP) is 4.57. The lowest BCUT2D eigenvalue weighted by Crippen LogP contribution is -2.16. The standard InChI is InChI=1S/C17H17F2NOS/c1-3-12-6-4-5-11(2)17(12)20-16(21)10-22-13-7-8-14(18)15(19)9-13/h4-9H,3,10H2,1-2H3,(H,20,21). The van der Waals surface area contributed by atoms with E-state index in [0.717, 1.165) is 35.4 Å². The second kappa shape index (κ2) is 7.40. The van der Waals surface area contributed by atoms with Gasteiger partial charge in [-0.05, 0) is 42.7 Å². The summed E-state index contributed by atoms with van der Waals surface area (Å²) in [5, 5.41) is 2.90. The molecule has 0 bridgehead atoms. The van der Waals surface area contributed by atoms with Gasteiger partial charge in [0.15, 0.2) is 11.6 Å². The monoisotopic (exact) mass is 321 g/mol. The van der Waals surface area contributed by atoms with Crippen molar-refractivity contribution in [1.29, 1.82) is 0 Å². The largest absolute Gasteiger partial charge is 0.325 e. The van der Waals surface area contributed by atoms with Crippen molar-refractivity contribution in [2.75, 3.05) is 11.1 Å². The molecule has 0 saturated carbocycles. The van der Waals surface area contributed by atoms with Crippen molar-refractivity contribution in [3.8, 4) is 0 Å².